The number of hydrogen-bond donors (Lipinski definition) is 1. The summed E-state index contributed by atoms with van der Waals surface area (Å²) in [5, 5.41) is 13.5. The second-order valence-corrected chi connectivity index (χ2v) is 7.43. The molecule has 1 aliphatic heterocycles. The van der Waals surface area contributed by atoms with Crippen molar-refractivity contribution in [3.05, 3.63) is 39.9 Å². The minimum atomic E-state index is -1.64. The number of carbonyl (C=O) groups is 5. The molecule has 0 spiro atoms. The average molecular weight is 496 g/mol. The second-order valence-electron chi connectivity index (χ2n) is 7.43. The van der Waals surface area contributed by atoms with Gasteiger partial charge in [-0.2, -0.15) is 0 Å². The third-order valence-corrected chi connectivity index (χ3v) is 4.59. The van der Waals surface area contributed by atoms with Crippen molar-refractivity contribution in [1.29, 1.82) is 0 Å². The highest BCUT2D eigenvalue weighted by molar-refractivity contribution is 5.90. The van der Waals surface area contributed by atoms with E-state index in [4.69, 9.17) is 23.7 Å². The van der Waals surface area contributed by atoms with Crippen molar-refractivity contribution in [2.75, 3.05) is 6.61 Å². The average Bonchev–Trinajstić information content (AvgIpc) is 2.75. The van der Waals surface area contributed by atoms with Crippen molar-refractivity contribution in [3.8, 4) is 0 Å². The van der Waals surface area contributed by atoms with Crippen LogP contribution >= 0.6 is 0 Å². The molecular formula is C21H24N2O12. The fourth-order valence-corrected chi connectivity index (χ4v) is 3.31. The number of ether oxygens (including phenoxy) is 5. The molecule has 2 rings (SSSR count). The molecule has 5 atom stereocenters. The summed E-state index contributed by atoms with van der Waals surface area (Å²) < 4.78 is 26.5. The number of benzene rings is 1. The van der Waals surface area contributed by atoms with Crippen LogP contribution in [0.15, 0.2) is 24.3 Å². The molecule has 0 saturated carbocycles. The van der Waals surface area contributed by atoms with Gasteiger partial charge in [0.15, 0.2) is 12.2 Å². The highest BCUT2D eigenvalue weighted by Gasteiger charge is 2.52. The van der Waals surface area contributed by atoms with Gasteiger partial charge in [0.05, 0.1) is 10.5 Å². The van der Waals surface area contributed by atoms with E-state index in [1.807, 2.05) is 0 Å². The molecule has 35 heavy (non-hydrogen) atoms. The van der Waals surface area contributed by atoms with Gasteiger partial charge in [-0.1, -0.05) is 6.07 Å². The summed E-state index contributed by atoms with van der Waals surface area (Å²) in [4.78, 5) is 69.9. The summed E-state index contributed by atoms with van der Waals surface area (Å²) in [6.45, 7) is 3.91. The standard InChI is InChI=1S/C21H24N2O12/c1-10(24)22-17-19(33-13(4)27)18(32-12(3)26)16(9-31-11(2)25)34-21(17)35-20(28)14-6-5-7-15(8-14)23(29)30/h5-8,16-19,21H,9H2,1-4H3,(H,22,24). The van der Waals surface area contributed by atoms with Crippen molar-refractivity contribution >= 4 is 35.5 Å². The first-order valence-electron chi connectivity index (χ1n) is 10.2. The Morgan fingerprint density at radius 3 is 2.14 bits per heavy atom. The molecule has 5 unspecified atom stereocenters. The largest absolute Gasteiger partial charge is 0.463 e. The molecule has 190 valence electrons. The normalized spacial score (nSPS) is 23.4. The molecule has 0 aliphatic carbocycles. The summed E-state index contributed by atoms with van der Waals surface area (Å²) in [6, 6.07) is 3.30. The Morgan fingerprint density at radius 1 is 0.971 bits per heavy atom. The van der Waals surface area contributed by atoms with Crippen molar-refractivity contribution < 1.29 is 52.6 Å². The Kier molecular flexibility index (Phi) is 9.22. The van der Waals surface area contributed by atoms with Crippen LogP contribution in [0, 0.1) is 10.1 Å². The molecule has 0 radical (unpaired) electrons. The number of rotatable bonds is 8. The number of nitrogens with one attached hydrogen (secondary N) is 1. The number of nitro groups is 1. The molecule has 1 aromatic rings. The van der Waals surface area contributed by atoms with Gasteiger partial charge >= 0.3 is 23.9 Å². The predicted molar refractivity (Wildman–Crippen MR) is 113 cm³/mol. The van der Waals surface area contributed by atoms with Gasteiger partial charge in [-0.05, 0) is 6.07 Å². The molecule has 1 aliphatic rings. The zero-order chi connectivity index (χ0) is 26.3. The lowest BCUT2D eigenvalue weighted by molar-refractivity contribution is -0.384. The number of hydrogen-bond acceptors (Lipinski definition) is 12. The van der Waals surface area contributed by atoms with E-state index in [0.717, 1.165) is 33.8 Å². The Labute approximate surface area is 198 Å². The molecule has 14 nitrogen and oxygen atoms in total. The van der Waals surface area contributed by atoms with E-state index < -0.39 is 72.0 Å². The lowest BCUT2D eigenvalue weighted by atomic mass is 9.96. The number of non-ortho nitro benzene ring substituents is 1. The maximum Gasteiger partial charge on any atom is 0.340 e. The SMILES string of the molecule is CC(=O)NC1C(OC(=O)c2cccc([N+](=O)[O-])c2)OC(COC(C)=O)C(OC(C)=O)C1OC(C)=O. The minimum absolute atomic E-state index is 0.202. The summed E-state index contributed by atoms with van der Waals surface area (Å²) in [5.41, 5.74) is -0.574. The topological polar surface area (TPSA) is 187 Å². The Balaban J connectivity index is 2.45. The quantitative estimate of drug-likeness (QED) is 0.226. The van der Waals surface area contributed by atoms with E-state index in [1.54, 1.807) is 0 Å². The first-order chi connectivity index (χ1) is 16.4. The van der Waals surface area contributed by atoms with Crippen LogP contribution in [0.2, 0.25) is 0 Å². The lowest BCUT2D eigenvalue weighted by Crippen LogP contribution is -2.66. The number of carbonyl (C=O) groups excluding carboxylic acids is 5. The molecule has 0 aromatic heterocycles. The summed E-state index contributed by atoms with van der Waals surface area (Å²) >= 11 is 0. The molecule has 1 aromatic carbocycles. The summed E-state index contributed by atoms with van der Waals surface area (Å²) in [7, 11) is 0. The van der Waals surface area contributed by atoms with Crippen molar-refractivity contribution in [3.63, 3.8) is 0 Å². The monoisotopic (exact) mass is 496 g/mol. The molecule has 14 heteroatoms. The van der Waals surface area contributed by atoms with Crippen LogP contribution in [0.5, 0.6) is 0 Å². The van der Waals surface area contributed by atoms with Crippen LogP contribution in [-0.4, -0.2) is 72.0 Å². The van der Waals surface area contributed by atoms with Gasteiger partial charge in [0.2, 0.25) is 12.2 Å². The van der Waals surface area contributed by atoms with E-state index in [2.05, 4.69) is 5.32 Å². The number of nitrogens with zero attached hydrogens (tertiary/aromatic N) is 1. The van der Waals surface area contributed by atoms with Gasteiger partial charge in [0, 0.05) is 39.8 Å². The van der Waals surface area contributed by atoms with E-state index in [-0.39, 0.29) is 11.3 Å². The number of nitro benzene ring substituents is 1. The minimum Gasteiger partial charge on any atom is -0.463 e. The number of esters is 4. The molecule has 0 bridgehead atoms. The van der Waals surface area contributed by atoms with Crippen LogP contribution < -0.4 is 5.32 Å². The van der Waals surface area contributed by atoms with Gasteiger partial charge in [-0.15, -0.1) is 0 Å². The van der Waals surface area contributed by atoms with E-state index in [9.17, 15) is 34.1 Å². The van der Waals surface area contributed by atoms with Gasteiger partial charge in [0.1, 0.15) is 18.8 Å². The number of amides is 1. The third-order valence-electron chi connectivity index (χ3n) is 4.59. The van der Waals surface area contributed by atoms with Crippen molar-refractivity contribution in [2.45, 2.75) is 58.3 Å². The Morgan fingerprint density at radius 2 is 1.60 bits per heavy atom. The van der Waals surface area contributed by atoms with Crippen LogP contribution in [0.1, 0.15) is 38.1 Å². The third kappa shape index (κ3) is 7.74. The van der Waals surface area contributed by atoms with Crippen LogP contribution in [-0.2, 0) is 42.9 Å². The van der Waals surface area contributed by atoms with Gasteiger partial charge in [-0.3, -0.25) is 29.3 Å². The first-order valence-corrected chi connectivity index (χ1v) is 10.2. The van der Waals surface area contributed by atoms with Gasteiger partial charge in [0.25, 0.3) is 5.69 Å². The molecule has 1 fully saturated rings. The maximum atomic E-state index is 12.8. The van der Waals surface area contributed by atoms with Crippen LogP contribution in [0.3, 0.4) is 0 Å². The lowest BCUT2D eigenvalue weighted by Gasteiger charge is -2.44. The zero-order valence-corrected chi connectivity index (χ0v) is 19.2. The van der Waals surface area contributed by atoms with E-state index in [0.29, 0.717) is 0 Å². The van der Waals surface area contributed by atoms with E-state index >= 15 is 0 Å². The van der Waals surface area contributed by atoms with Gasteiger partial charge < -0.3 is 29.0 Å². The Bertz CT molecular complexity index is 1010. The highest BCUT2D eigenvalue weighted by Crippen LogP contribution is 2.29. The molecule has 1 saturated heterocycles. The smallest absolute Gasteiger partial charge is 0.340 e. The first kappa shape index (κ1) is 27.2. The van der Waals surface area contributed by atoms with Gasteiger partial charge in [-0.25, -0.2) is 4.79 Å². The predicted octanol–water partition coefficient (Wildman–Crippen LogP) is 0.408. The summed E-state index contributed by atoms with van der Waals surface area (Å²) in [6.07, 6.45) is -5.69. The van der Waals surface area contributed by atoms with Crippen molar-refractivity contribution in [2.24, 2.45) is 0 Å². The summed E-state index contributed by atoms with van der Waals surface area (Å²) in [5.74, 6) is -4.01. The highest BCUT2D eigenvalue weighted by atomic mass is 16.7. The zero-order valence-electron chi connectivity index (χ0n) is 19.2. The molecular weight excluding hydrogens is 472 g/mol. The van der Waals surface area contributed by atoms with Crippen LogP contribution in [0.25, 0.3) is 0 Å². The maximum absolute atomic E-state index is 12.8. The molecule has 1 N–H and O–H groups in total. The fraction of sp³-hybridized carbons (Fsp3) is 0.476. The fourth-order valence-electron chi connectivity index (χ4n) is 3.31. The van der Waals surface area contributed by atoms with Crippen molar-refractivity contribution in [1.82, 2.24) is 5.32 Å². The van der Waals surface area contributed by atoms with E-state index in [1.165, 1.54) is 18.2 Å². The molecule has 1 amide bonds. The molecule has 1 heterocycles. The van der Waals surface area contributed by atoms with Crippen LogP contribution in [0.4, 0.5) is 5.69 Å². The Hall–Kier alpha value is -4.07. The second kappa shape index (κ2) is 11.9.